The van der Waals surface area contributed by atoms with Crippen LogP contribution in [-0.2, 0) is 19.1 Å². The number of amides is 2. The summed E-state index contributed by atoms with van der Waals surface area (Å²) in [5.41, 5.74) is 1.08. The number of hydrogen-bond acceptors (Lipinski definition) is 6. The number of methoxy groups -OCH3 is 1. The molecule has 2 N–H and O–H groups in total. The summed E-state index contributed by atoms with van der Waals surface area (Å²) in [6.45, 7) is 3.08. The van der Waals surface area contributed by atoms with Gasteiger partial charge < -0.3 is 15.4 Å². The molecule has 0 bridgehead atoms. The van der Waals surface area contributed by atoms with Gasteiger partial charge in [0.15, 0.2) is 0 Å². The van der Waals surface area contributed by atoms with Crippen LogP contribution in [-0.4, -0.2) is 48.7 Å². The molecule has 0 unspecified atom stereocenters. The first-order chi connectivity index (χ1) is 11.8. The quantitative estimate of drug-likeness (QED) is 0.411. The first-order valence-corrected chi connectivity index (χ1v) is 8.99. The van der Waals surface area contributed by atoms with Crippen LogP contribution >= 0.6 is 11.8 Å². The average Bonchev–Trinajstić information content (AvgIpc) is 2.58. The zero-order valence-electron chi connectivity index (χ0n) is 14.7. The number of esters is 1. The Morgan fingerprint density at radius 2 is 1.92 bits per heavy atom. The Morgan fingerprint density at radius 1 is 1.24 bits per heavy atom. The molecule has 1 aromatic rings. The first-order valence-electron chi connectivity index (χ1n) is 7.60. The van der Waals surface area contributed by atoms with Crippen LogP contribution in [0.5, 0.6) is 0 Å². The number of rotatable bonds is 8. The highest BCUT2D eigenvalue weighted by molar-refractivity contribution is 7.98. The van der Waals surface area contributed by atoms with E-state index in [1.807, 2.05) is 6.26 Å². The second-order valence-electron chi connectivity index (χ2n) is 5.39. The molecule has 0 radical (unpaired) electrons. The fourth-order valence-electron chi connectivity index (χ4n) is 2.12. The molecule has 0 saturated heterocycles. The SMILES string of the molecule is COC(=O)[C@H](CCSC)NC(=O)C(=O)c1cc(C)ccc1NC(C)=O. The molecular weight excluding hydrogens is 344 g/mol. The molecule has 1 aromatic carbocycles. The van der Waals surface area contributed by atoms with Crippen molar-refractivity contribution >= 4 is 41.0 Å². The maximum atomic E-state index is 12.5. The number of aryl methyl sites for hydroxylation is 1. The number of carbonyl (C=O) groups is 4. The Kier molecular flexibility index (Phi) is 8.13. The van der Waals surface area contributed by atoms with E-state index in [0.29, 0.717) is 12.2 Å². The minimum absolute atomic E-state index is 0.0705. The van der Waals surface area contributed by atoms with Crippen LogP contribution in [0, 0.1) is 6.92 Å². The summed E-state index contributed by atoms with van der Waals surface area (Å²) in [6, 6.07) is 3.89. The van der Waals surface area contributed by atoms with Crippen molar-refractivity contribution in [2.24, 2.45) is 0 Å². The zero-order valence-corrected chi connectivity index (χ0v) is 15.5. The Labute approximate surface area is 150 Å². The van der Waals surface area contributed by atoms with Crippen molar-refractivity contribution in [3.63, 3.8) is 0 Å². The van der Waals surface area contributed by atoms with Crippen LogP contribution in [0.3, 0.4) is 0 Å². The number of benzene rings is 1. The monoisotopic (exact) mass is 366 g/mol. The van der Waals surface area contributed by atoms with Gasteiger partial charge in [-0.1, -0.05) is 11.6 Å². The summed E-state index contributed by atoms with van der Waals surface area (Å²) in [5.74, 6) is -2.10. The summed E-state index contributed by atoms with van der Waals surface area (Å²) in [6.07, 6.45) is 2.22. The molecule has 0 aliphatic rings. The molecule has 0 aliphatic carbocycles. The standard InChI is InChI=1S/C17H22N2O5S/c1-10-5-6-13(18-11(2)20)12(9-10)15(21)16(22)19-14(7-8-25-4)17(23)24-3/h5-6,9,14H,7-8H2,1-4H3,(H,18,20)(H,19,22)/t14-/m0/s1. The zero-order chi connectivity index (χ0) is 19.0. The molecule has 1 atom stereocenters. The molecule has 2 amide bonds. The third kappa shape index (κ3) is 6.22. The van der Waals surface area contributed by atoms with E-state index in [9.17, 15) is 19.2 Å². The van der Waals surface area contributed by atoms with Crippen LogP contribution in [0.25, 0.3) is 0 Å². The van der Waals surface area contributed by atoms with E-state index in [2.05, 4.69) is 15.4 Å². The van der Waals surface area contributed by atoms with Gasteiger partial charge in [-0.25, -0.2) is 4.79 Å². The van der Waals surface area contributed by atoms with Crippen molar-refractivity contribution in [2.45, 2.75) is 26.3 Å². The fourth-order valence-corrected chi connectivity index (χ4v) is 2.59. The Morgan fingerprint density at radius 3 is 2.48 bits per heavy atom. The summed E-state index contributed by atoms with van der Waals surface area (Å²) in [5, 5.41) is 4.93. The smallest absolute Gasteiger partial charge is 0.328 e. The number of carbonyl (C=O) groups excluding carboxylic acids is 4. The molecule has 0 spiro atoms. The first kappa shape index (κ1) is 20.7. The van der Waals surface area contributed by atoms with Crippen molar-refractivity contribution in [3.8, 4) is 0 Å². The van der Waals surface area contributed by atoms with Gasteiger partial charge in [-0.2, -0.15) is 11.8 Å². The van der Waals surface area contributed by atoms with Crippen molar-refractivity contribution in [1.82, 2.24) is 5.32 Å². The minimum atomic E-state index is -0.922. The third-order valence-electron chi connectivity index (χ3n) is 3.34. The van der Waals surface area contributed by atoms with Gasteiger partial charge in [-0.3, -0.25) is 14.4 Å². The van der Waals surface area contributed by atoms with Gasteiger partial charge in [0.05, 0.1) is 18.4 Å². The summed E-state index contributed by atoms with van der Waals surface area (Å²) in [4.78, 5) is 47.8. The summed E-state index contributed by atoms with van der Waals surface area (Å²) >= 11 is 1.51. The Balaban J connectivity index is 3.01. The van der Waals surface area contributed by atoms with Gasteiger partial charge in [0.1, 0.15) is 6.04 Å². The Bertz CT molecular complexity index is 675. The molecule has 0 aromatic heterocycles. The predicted octanol–water partition coefficient (Wildman–Crippen LogP) is 1.55. The molecule has 8 heteroatoms. The predicted molar refractivity (Wildman–Crippen MR) is 96.8 cm³/mol. The topological polar surface area (TPSA) is 102 Å². The maximum absolute atomic E-state index is 12.5. The average molecular weight is 366 g/mol. The number of ketones is 1. The van der Waals surface area contributed by atoms with Crippen LogP contribution in [0.15, 0.2) is 18.2 Å². The minimum Gasteiger partial charge on any atom is -0.467 e. The van der Waals surface area contributed by atoms with Gasteiger partial charge in [-0.05, 0) is 37.5 Å². The fraction of sp³-hybridized carbons (Fsp3) is 0.412. The third-order valence-corrected chi connectivity index (χ3v) is 3.98. The van der Waals surface area contributed by atoms with Gasteiger partial charge in [-0.15, -0.1) is 0 Å². The molecule has 7 nitrogen and oxygen atoms in total. The van der Waals surface area contributed by atoms with Crippen molar-refractivity contribution in [1.29, 1.82) is 0 Å². The second kappa shape index (κ2) is 9.83. The number of Topliss-reactive ketones (excluding diaryl/α,β-unsaturated/α-hetero) is 1. The number of ether oxygens (including phenoxy) is 1. The highest BCUT2D eigenvalue weighted by Gasteiger charge is 2.26. The molecule has 0 aliphatic heterocycles. The molecule has 0 fully saturated rings. The molecule has 0 heterocycles. The van der Waals surface area contributed by atoms with E-state index < -0.39 is 23.7 Å². The number of anilines is 1. The normalized spacial score (nSPS) is 11.4. The highest BCUT2D eigenvalue weighted by atomic mass is 32.2. The van der Waals surface area contributed by atoms with E-state index in [1.165, 1.54) is 31.9 Å². The second-order valence-corrected chi connectivity index (χ2v) is 6.38. The van der Waals surface area contributed by atoms with Crippen molar-refractivity contribution < 1.29 is 23.9 Å². The van der Waals surface area contributed by atoms with Crippen molar-refractivity contribution in [2.75, 3.05) is 24.4 Å². The van der Waals surface area contributed by atoms with Crippen molar-refractivity contribution in [3.05, 3.63) is 29.3 Å². The number of thioether (sulfide) groups is 1. The van der Waals surface area contributed by atoms with E-state index in [-0.39, 0.29) is 17.2 Å². The molecular formula is C17H22N2O5S. The lowest BCUT2D eigenvalue weighted by Crippen LogP contribution is -2.45. The number of hydrogen-bond donors (Lipinski definition) is 2. The van der Waals surface area contributed by atoms with Gasteiger partial charge in [0, 0.05) is 6.92 Å². The van der Waals surface area contributed by atoms with Crippen LogP contribution < -0.4 is 10.6 Å². The Hall–Kier alpha value is -2.35. The molecule has 25 heavy (non-hydrogen) atoms. The lowest BCUT2D eigenvalue weighted by Gasteiger charge is -2.16. The van der Waals surface area contributed by atoms with Gasteiger partial charge in [0.2, 0.25) is 5.91 Å². The lowest BCUT2D eigenvalue weighted by atomic mass is 10.0. The van der Waals surface area contributed by atoms with Gasteiger partial charge >= 0.3 is 5.97 Å². The van der Waals surface area contributed by atoms with E-state index in [4.69, 9.17) is 0 Å². The number of nitrogens with one attached hydrogen (secondary N) is 2. The summed E-state index contributed by atoms with van der Waals surface area (Å²) < 4.78 is 4.66. The van der Waals surface area contributed by atoms with E-state index in [1.54, 1.807) is 19.1 Å². The molecule has 1 rings (SSSR count). The summed E-state index contributed by atoms with van der Waals surface area (Å²) in [7, 11) is 1.22. The molecule has 136 valence electrons. The largest absolute Gasteiger partial charge is 0.467 e. The van der Waals surface area contributed by atoms with E-state index >= 15 is 0 Å². The van der Waals surface area contributed by atoms with Crippen LogP contribution in [0.4, 0.5) is 5.69 Å². The van der Waals surface area contributed by atoms with Crippen LogP contribution in [0.2, 0.25) is 0 Å². The van der Waals surface area contributed by atoms with E-state index in [0.717, 1.165) is 5.56 Å². The highest BCUT2D eigenvalue weighted by Crippen LogP contribution is 2.18. The van der Waals surface area contributed by atoms with Gasteiger partial charge in [0.25, 0.3) is 11.7 Å². The lowest BCUT2D eigenvalue weighted by molar-refractivity contribution is -0.144. The maximum Gasteiger partial charge on any atom is 0.328 e. The van der Waals surface area contributed by atoms with Crippen LogP contribution in [0.1, 0.15) is 29.3 Å². The molecule has 0 saturated carbocycles.